The molecule has 3 aromatic heterocycles. The number of amides is 3. The topological polar surface area (TPSA) is 134 Å². The zero-order valence-electron chi connectivity index (χ0n) is 37.1. The molecule has 336 valence electrons. The molecular weight excluding hydrogens is 877 g/mol. The molecule has 4 fully saturated rings. The van der Waals surface area contributed by atoms with Gasteiger partial charge in [-0.2, -0.15) is 17.0 Å². The summed E-state index contributed by atoms with van der Waals surface area (Å²) in [4.78, 5) is 55.4. The van der Waals surface area contributed by atoms with Crippen molar-refractivity contribution in [3.05, 3.63) is 81.5 Å². The van der Waals surface area contributed by atoms with Crippen LogP contribution in [-0.4, -0.2) is 104 Å². The zero-order valence-corrected chi connectivity index (χ0v) is 39.4. The second-order valence-corrected chi connectivity index (χ2v) is 20.7. The van der Waals surface area contributed by atoms with E-state index in [9.17, 15) is 19.6 Å². The molecule has 1 aliphatic carbocycles. The van der Waals surface area contributed by atoms with Crippen LogP contribution >= 0.6 is 35.0 Å². The first-order chi connectivity index (χ1) is 30.5. The molecule has 1 saturated carbocycles. The number of likely N-dealkylation sites (tertiary alicyclic amines) is 1. The summed E-state index contributed by atoms with van der Waals surface area (Å²) in [6, 6.07) is 13.7. The molecule has 9 rings (SSSR count). The average molecular weight is 929 g/mol. The van der Waals surface area contributed by atoms with E-state index in [4.69, 9.17) is 37.7 Å². The Bertz CT molecular complexity index is 2700. The van der Waals surface area contributed by atoms with Gasteiger partial charge in [-0.1, -0.05) is 49.2 Å². The van der Waals surface area contributed by atoms with Crippen LogP contribution in [0.2, 0.25) is 10.0 Å². The quantitative estimate of drug-likeness (QED) is 0.119. The van der Waals surface area contributed by atoms with Gasteiger partial charge in [0.25, 0.3) is 5.91 Å². The van der Waals surface area contributed by atoms with Crippen LogP contribution in [0.1, 0.15) is 94.1 Å². The molecule has 3 amide bonds. The molecule has 5 aromatic rings. The van der Waals surface area contributed by atoms with E-state index >= 15 is 4.39 Å². The summed E-state index contributed by atoms with van der Waals surface area (Å²) in [6.45, 7) is 11.0. The Kier molecular flexibility index (Phi) is 12.8. The van der Waals surface area contributed by atoms with Gasteiger partial charge in [0.15, 0.2) is 5.82 Å². The molecule has 3 aliphatic heterocycles. The van der Waals surface area contributed by atoms with E-state index in [1.54, 1.807) is 72.2 Å². The number of benzene rings is 2. The van der Waals surface area contributed by atoms with E-state index in [-0.39, 0.29) is 70.2 Å². The van der Waals surface area contributed by atoms with Gasteiger partial charge in [-0.15, -0.1) is 0 Å². The summed E-state index contributed by atoms with van der Waals surface area (Å²) >= 11 is 15.1. The molecule has 0 radical (unpaired) electrons. The van der Waals surface area contributed by atoms with Gasteiger partial charge >= 0.3 is 12.2 Å². The van der Waals surface area contributed by atoms with E-state index in [0.717, 1.165) is 18.5 Å². The Morgan fingerprint density at radius 3 is 2.55 bits per heavy atom. The minimum atomic E-state index is -0.707. The highest BCUT2D eigenvalue weighted by Crippen LogP contribution is 2.55. The van der Waals surface area contributed by atoms with Crippen molar-refractivity contribution >= 4 is 74.9 Å². The Labute approximate surface area is 387 Å². The van der Waals surface area contributed by atoms with E-state index < -0.39 is 29.6 Å². The largest absolute Gasteiger partial charge is 0.449 e. The fourth-order valence-corrected chi connectivity index (χ4v) is 10.6. The van der Waals surface area contributed by atoms with Crippen LogP contribution in [0, 0.1) is 23.1 Å². The van der Waals surface area contributed by atoms with Crippen molar-refractivity contribution in [2.75, 3.05) is 39.5 Å². The third-order valence-electron chi connectivity index (χ3n) is 12.3. The summed E-state index contributed by atoms with van der Waals surface area (Å²) in [6.07, 6.45) is 3.20. The summed E-state index contributed by atoms with van der Waals surface area (Å²) in [5, 5.41) is 11.8. The van der Waals surface area contributed by atoms with Gasteiger partial charge in [0.1, 0.15) is 23.4 Å². The fraction of sp³-hybridized carbons (Fsp3) is 0.458. The minimum absolute atomic E-state index is 0.0267. The predicted molar refractivity (Wildman–Crippen MR) is 249 cm³/mol. The molecule has 2 bridgehead atoms. The third-order valence-corrected chi connectivity index (χ3v) is 14.2. The van der Waals surface area contributed by atoms with Crippen LogP contribution < -0.4 is 0 Å². The maximum atomic E-state index is 18.0. The van der Waals surface area contributed by atoms with E-state index in [2.05, 4.69) is 29.5 Å². The molecule has 6 heterocycles. The van der Waals surface area contributed by atoms with Crippen molar-refractivity contribution in [1.29, 1.82) is 5.26 Å². The Morgan fingerprint density at radius 2 is 1.86 bits per heavy atom. The number of rotatable bonds is 11. The lowest BCUT2D eigenvalue weighted by Crippen LogP contribution is -2.45. The first-order valence-corrected chi connectivity index (χ1v) is 23.5. The smallest absolute Gasteiger partial charge is 0.410 e. The van der Waals surface area contributed by atoms with Crippen LogP contribution in [0.25, 0.3) is 44.2 Å². The number of halogens is 3. The monoisotopic (exact) mass is 927 g/mol. The molecule has 0 N–H and O–H groups in total. The van der Waals surface area contributed by atoms with Gasteiger partial charge in [-0.05, 0) is 87.6 Å². The number of pyridine rings is 2. The van der Waals surface area contributed by atoms with Crippen molar-refractivity contribution in [1.82, 2.24) is 29.2 Å². The number of nitriles is 1. The summed E-state index contributed by atoms with van der Waals surface area (Å²) in [5.41, 5.74) is 3.12. The van der Waals surface area contributed by atoms with Crippen molar-refractivity contribution < 1.29 is 28.2 Å². The minimum Gasteiger partial charge on any atom is -0.449 e. The van der Waals surface area contributed by atoms with Gasteiger partial charge in [-0.25, -0.2) is 19.0 Å². The van der Waals surface area contributed by atoms with Crippen LogP contribution in [-0.2, 0) is 15.9 Å². The normalized spacial score (nSPS) is 19.3. The molecule has 16 heteroatoms. The van der Waals surface area contributed by atoms with Crippen molar-refractivity contribution in [2.24, 2.45) is 5.92 Å². The Balaban J connectivity index is 1.41. The standard InChI is InChI=1S/C48H52Cl2FN7O5S/c1-26(2)64-20-19-62-46(60)56-18-10-14-35(56)36-23-32-41(28-15-16-34(53-24-28)45(59)55(6)7)54-42-31(21-27(11-9-17-52)38(40(42)51)30-12-8-13-33(49)39(30)50)44(32)58(36)43-29-22-37(43)57(25-29)47(61)63-48(3,4)5/h8,12-13,15-16,21,23-24,26,29,35,37,43H,9-11,14,18-20,22,25H2,1-7H3/t29-,35-,37-,43+/m1/s1. The van der Waals surface area contributed by atoms with Crippen LogP contribution in [0.5, 0.6) is 0 Å². The molecule has 0 spiro atoms. The number of aromatic nitrogens is 3. The molecule has 12 nitrogen and oxygen atoms in total. The lowest BCUT2D eigenvalue weighted by atomic mass is 9.79. The van der Waals surface area contributed by atoms with Gasteiger partial charge in [0.2, 0.25) is 0 Å². The first-order valence-electron chi connectivity index (χ1n) is 21.7. The van der Waals surface area contributed by atoms with Crippen molar-refractivity contribution in [3.8, 4) is 28.5 Å². The van der Waals surface area contributed by atoms with Crippen LogP contribution in [0.3, 0.4) is 0 Å². The highest BCUT2D eigenvalue weighted by molar-refractivity contribution is 7.99. The molecular formula is C48H52Cl2FN7O5S. The van der Waals surface area contributed by atoms with Crippen molar-refractivity contribution in [2.45, 2.75) is 95.7 Å². The number of thioether (sulfide) groups is 1. The van der Waals surface area contributed by atoms with Crippen LogP contribution in [0.4, 0.5) is 14.0 Å². The summed E-state index contributed by atoms with van der Waals surface area (Å²) in [5.74, 6) is -0.221. The van der Waals surface area contributed by atoms with E-state index in [1.165, 1.54) is 4.90 Å². The molecule has 2 aromatic carbocycles. The Morgan fingerprint density at radius 1 is 1.08 bits per heavy atom. The number of aryl methyl sites for hydroxylation is 1. The second kappa shape index (κ2) is 18.1. The number of fused-ring (bicyclic) bond motifs is 4. The van der Waals surface area contributed by atoms with E-state index in [0.29, 0.717) is 69.2 Å². The maximum Gasteiger partial charge on any atom is 0.410 e. The Hall–Kier alpha value is -5.10. The predicted octanol–water partition coefficient (Wildman–Crippen LogP) is 11.1. The molecule has 4 aliphatic rings. The van der Waals surface area contributed by atoms with Crippen LogP contribution in [0.15, 0.2) is 48.7 Å². The molecule has 64 heavy (non-hydrogen) atoms. The maximum absolute atomic E-state index is 18.0. The highest BCUT2D eigenvalue weighted by Gasteiger charge is 2.57. The molecule has 0 unspecified atom stereocenters. The van der Waals surface area contributed by atoms with Gasteiger partial charge in [-0.3, -0.25) is 14.7 Å². The third kappa shape index (κ3) is 8.47. The lowest BCUT2D eigenvalue weighted by molar-refractivity contribution is 0.0208. The molecule has 4 atom stereocenters. The SMILES string of the molecule is CC(C)SCCOC(=O)N1CCC[C@@H]1c1cc2c(-c3ccc(C(=O)N(C)C)nc3)nc3c(F)c(-c4cccc(Cl)c4Cl)c(CCC#N)cc3c2n1[C@H]1[C@@H]2C[C@H]1N(C(=O)OC(C)(C)C)C2. The summed E-state index contributed by atoms with van der Waals surface area (Å²) in [7, 11) is 3.30. The lowest BCUT2D eigenvalue weighted by Gasteiger charge is -2.40. The van der Waals surface area contributed by atoms with E-state index in [1.807, 2.05) is 32.9 Å². The van der Waals surface area contributed by atoms with Crippen molar-refractivity contribution in [3.63, 3.8) is 0 Å². The number of carbonyl (C=O) groups excluding carboxylic acids is 3. The number of nitrogens with zero attached hydrogens (tertiary/aromatic N) is 7. The fourth-order valence-electron chi connectivity index (χ4n) is 9.51. The summed E-state index contributed by atoms with van der Waals surface area (Å²) < 4.78 is 32.0. The number of hydrogen-bond donors (Lipinski definition) is 0. The molecule has 3 saturated heterocycles. The van der Waals surface area contributed by atoms with Gasteiger partial charge in [0, 0.05) is 84.6 Å². The number of hydrogen-bond acceptors (Lipinski definition) is 9. The first kappa shape index (κ1) is 45.5. The van der Waals surface area contributed by atoms with Gasteiger partial charge in [0.05, 0.1) is 45.5 Å². The highest BCUT2D eigenvalue weighted by atomic mass is 35.5. The van der Waals surface area contributed by atoms with Gasteiger partial charge < -0.3 is 23.8 Å². The average Bonchev–Trinajstić information content (AvgIpc) is 4.06. The number of carbonyl (C=O) groups is 3. The number of ether oxygens (including phenoxy) is 2. The second-order valence-electron chi connectivity index (χ2n) is 18.2. The zero-order chi connectivity index (χ0) is 45.8.